The van der Waals surface area contributed by atoms with Crippen LogP contribution in [-0.4, -0.2) is 20.8 Å². The van der Waals surface area contributed by atoms with Crippen molar-refractivity contribution in [1.29, 1.82) is 0 Å². The van der Waals surface area contributed by atoms with Crippen LogP contribution in [0.3, 0.4) is 0 Å². The Morgan fingerprint density at radius 3 is 2.92 bits per heavy atom. The second kappa shape index (κ2) is 5.43. The van der Waals surface area contributed by atoms with Gasteiger partial charge in [0.05, 0.1) is 20.3 Å². The van der Waals surface area contributed by atoms with Gasteiger partial charge in [0.15, 0.2) is 0 Å². The number of ether oxygens (including phenoxy) is 2. The van der Waals surface area contributed by atoms with Gasteiger partial charge in [0.2, 0.25) is 0 Å². The Bertz CT molecular complexity index is 250. The average molecular weight is 180 g/mol. The summed E-state index contributed by atoms with van der Waals surface area (Å²) in [5.41, 5.74) is 0.997. The maximum absolute atomic E-state index is 5.08. The molecule has 3 heteroatoms. The van der Waals surface area contributed by atoms with Gasteiger partial charge in [-0.15, -0.1) is 0 Å². The van der Waals surface area contributed by atoms with E-state index in [4.69, 9.17) is 9.47 Å². The molecule has 0 amide bonds. The van der Waals surface area contributed by atoms with Crippen molar-refractivity contribution in [1.82, 2.24) is 0 Å². The molecule has 0 heterocycles. The topological polar surface area (TPSA) is 30.5 Å². The molecule has 0 saturated carbocycles. The molecule has 3 nitrogen and oxygen atoms in total. The lowest BCUT2D eigenvalue weighted by Gasteiger charge is -2.06. The van der Waals surface area contributed by atoms with Crippen molar-refractivity contribution < 1.29 is 9.47 Å². The number of methoxy groups -OCH3 is 2. The van der Waals surface area contributed by atoms with Crippen LogP contribution in [0.25, 0.3) is 0 Å². The summed E-state index contributed by atoms with van der Waals surface area (Å²) in [5.74, 6) is 0.843. The van der Waals surface area contributed by atoms with Crippen LogP contribution in [0.15, 0.2) is 24.3 Å². The van der Waals surface area contributed by atoms with E-state index in [-0.39, 0.29) is 0 Å². The molecule has 1 rings (SSSR count). The molecule has 1 aromatic rings. The SMILES string of the molecule is COC[CH]Nc1cccc(OC)c1. The van der Waals surface area contributed by atoms with Gasteiger partial charge < -0.3 is 14.8 Å². The van der Waals surface area contributed by atoms with Crippen molar-refractivity contribution in [2.75, 3.05) is 26.1 Å². The predicted octanol–water partition coefficient (Wildman–Crippen LogP) is 1.92. The van der Waals surface area contributed by atoms with Gasteiger partial charge in [-0.1, -0.05) is 6.07 Å². The van der Waals surface area contributed by atoms with Gasteiger partial charge in [0.25, 0.3) is 0 Å². The molecule has 0 bridgehead atoms. The Morgan fingerprint density at radius 2 is 2.23 bits per heavy atom. The lowest BCUT2D eigenvalue weighted by atomic mass is 10.3. The van der Waals surface area contributed by atoms with Crippen LogP contribution >= 0.6 is 0 Å². The van der Waals surface area contributed by atoms with Crippen molar-refractivity contribution in [3.05, 3.63) is 30.8 Å². The monoisotopic (exact) mass is 180 g/mol. The second-order valence-electron chi connectivity index (χ2n) is 2.54. The number of rotatable bonds is 5. The molecule has 0 atom stereocenters. The fourth-order valence-electron chi connectivity index (χ4n) is 0.956. The highest BCUT2D eigenvalue weighted by Crippen LogP contribution is 2.16. The summed E-state index contributed by atoms with van der Waals surface area (Å²) < 4.78 is 9.95. The van der Waals surface area contributed by atoms with Crippen molar-refractivity contribution in [2.45, 2.75) is 0 Å². The first-order chi connectivity index (χ1) is 6.36. The summed E-state index contributed by atoms with van der Waals surface area (Å²) >= 11 is 0. The normalized spacial score (nSPS) is 9.69. The van der Waals surface area contributed by atoms with E-state index in [2.05, 4.69) is 5.32 Å². The predicted molar refractivity (Wildman–Crippen MR) is 52.8 cm³/mol. The number of hydrogen-bond acceptors (Lipinski definition) is 3. The summed E-state index contributed by atoms with van der Waals surface area (Å²) in [7, 11) is 3.31. The van der Waals surface area contributed by atoms with Crippen LogP contribution in [0.5, 0.6) is 5.75 Å². The Balaban J connectivity index is 2.46. The Hall–Kier alpha value is -1.22. The highest BCUT2D eigenvalue weighted by atomic mass is 16.5. The Labute approximate surface area is 78.7 Å². The zero-order valence-corrected chi connectivity index (χ0v) is 7.91. The van der Waals surface area contributed by atoms with Gasteiger partial charge in [0, 0.05) is 18.9 Å². The van der Waals surface area contributed by atoms with Gasteiger partial charge in [-0.2, -0.15) is 0 Å². The Kier molecular flexibility index (Phi) is 4.12. The molecule has 0 fully saturated rings. The van der Waals surface area contributed by atoms with Crippen LogP contribution in [0, 0.1) is 6.54 Å². The van der Waals surface area contributed by atoms with E-state index in [0.717, 1.165) is 11.4 Å². The van der Waals surface area contributed by atoms with Crippen molar-refractivity contribution in [2.24, 2.45) is 0 Å². The molecule has 13 heavy (non-hydrogen) atoms. The van der Waals surface area contributed by atoms with Crippen LogP contribution in [0.1, 0.15) is 0 Å². The van der Waals surface area contributed by atoms with Crippen LogP contribution in [0.2, 0.25) is 0 Å². The molecule has 1 aromatic carbocycles. The lowest BCUT2D eigenvalue weighted by molar-refractivity contribution is 0.224. The first-order valence-corrected chi connectivity index (χ1v) is 4.08. The fraction of sp³-hybridized carbons (Fsp3) is 0.300. The molecule has 71 valence electrons. The van der Waals surface area contributed by atoms with E-state index in [0.29, 0.717) is 6.61 Å². The molecule has 0 aliphatic heterocycles. The number of benzene rings is 1. The number of anilines is 1. The van der Waals surface area contributed by atoms with Gasteiger partial charge in [-0.3, -0.25) is 0 Å². The number of hydrogen-bond donors (Lipinski definition) is 1. The summed E-state index contributed by atoms with van der Waals surface area (Å²) in [5, 5.41) is 3.09. The Morgan fingerprint density at radius 1 is 1.38 bits per heavy atom. The largest absolute Gasteiger partial charge is 0.497 e. The highest BCUT2D eigenvalue weighted by molar-refractivity contribution is 5.49. The molecule has 1 radical (unpaired) electrons. The highest BCUT2D eigenvalue weighted by Gasteiger charge is 1.93. The summed E-state index contributed by atoms with van der Waals surface area (Å²) in [6.45, 7) is 2.42. The number of nitrogens with one attached hydrogen (secondary N) is 1. The zero-order chi connectivity index (χ0) is 9.52. The third kappa shape index (κ3) is 3.34. The second-order valence-corrected chi connectivity index (χ2v) is 2.54. The van der Waals surface area contributed by atoms with Crippen LogP contribution < -0.4 is 10.1 Å². The van der Waals surface area contributed by atoms with Gasteiger partial charge in [-0.25, -0.2) is 0 Å². The first kappa shape index (κ1) is 9.86. The molecule has 0 unspecified atom stereocenters. The molecular weight excluding hydrogens is 166 g/mol. The fourth-order valence-corrected chi connectivity index (χ4v) is 0.956. The van der Waals surface area contributed by atoms with Gasteiger partial charge in [-0.05, 0) is 12.1 Å². The van der Waals surface area contributed by atoms with E-state index in [9.17, 15) is 0 Å². The summed E-state index contributed by atoms with van der Waals surface area (Å²) in [6.07, 6.45) is 0. The minimum atomic E-state index is 0.581. The molecule has 0 aliphatic carbocycles. The molecular formula is C10H14NO2. The zero-order valence-electron chi connectivity index (χ0n) is 7.91. The smallest absolute Gasteiger partial charge is 0.120 e. The molecule has 0 aromatic heterocycles. The van der Waals surface area contributed by atoms with Crippen molar-refractivity contribution in [3.63, 3.8) is 0 Å². The quantitative estimate of drug-likeness (QED) is 0.702. The molecule has 1 N–H and O–H groups in total. The molecule has 0 spiro atoms. The average Bonchev–Trinajstić information content (AvgIpc) is 2.19. The molecule has 0 aliphatic rings. The van der Waals surface area contributed by atoms with Gasteiger partial charge >= 0.3 is 0 Å². The minimum absolute atomic E-state index is 0.581. The molecule has 0 saturated heterocycles. The van der Waals surface area contributed by atoms with E-state index in [1.807, 2.05) is 30.8 Å². The summed E-state index contributed by atoms with van der Waals surface area (Å²) in [4.78, 5) is 0. The van der Waals surface area contributed by atoms with E-state index < -0.39 is 0 Å². The first-order valence-electron chi connectivity index (χ1n) is 4.08. The van der Waals surface area contributed by atoms with Crippen molar-refractivity contribution >= 4 is 5.69 Å². The van der Waals surface area contributed by atoms with Gasteiger partial charge in [0.1, 0.15) is 5.75 Å². The van der Waals surface area contributed by atoms with E-state index in [1.54, 1.807) is 14.2 Å². The lowest BCUT2D eigenvalue weighted by Crippen LogP contribution is -2.00. The maximum Gasteiger partial charge on any atom is 0.120 e. The minimum Gasteiger partial charge on any atom is -0.497 e. The van der Waals surface area contributed by atoms with Crippen LogP contribution in [0.4, 0.5) is 5.69 Å². The third-order valence-electron chi connectivity index (χ3n) is 1.59. The standard InChI is InChI=1S/C10H14NO2/c1-12-7-6-11-9-4-3-5-10(8-9)13-2/h3-6,8,11H,7H2,1-2H3. The van der Waals surface area contributed by atoms with E-state index >= 15 is 0 Å². The third-order valence-corrected chi connectivity index (χ3v) is 1.59. The maximum atomic E-state index is 5.08. The van der Waals surface area contributed by atoms with Crippen LogP contribution in [-0.2, 0) is 4.74 Å². The van der Waals surface area contributed by atoms with Crippen molar-refractivity contribution in [3.8, 4) is 5.75 Å². The summed E-state index contributed by atoms with van der Waals surface area (Å²) in [6, 6.07) is 7.73. The van der Waals surface area contributed by atoms with E-state index in [1.165, 1.54) is 0 Å².